The van der Waals surface area contributed by atoms with Gasteiger partial charge < -0.3 is 9.30 Å². The molecule has 1 heterocycles. The van der Waals surface area contributed by atoms with Crippen molar-refractivity contribution in [2.75, 3.05) is 13.7 Å². The van der Waals surface area contributed by atoms with Crippen molar-refractivity contribution < 1.29 is 13.5 Å². The number of rotatable bonds is 4. The van der Waals surface area contributed by atoms with Crippen LogP contribution in [0.2, 0.25) is 0 Å². The first-order chi connectivity index (χ1) is 8.92. The summed E-state index contributed by atoms with van der Waals surface area (Å²) < 4.78 is 34.2. The average molecular weight is 289 g/mol. The summed E-state index contributed by atoms with van der Waals surface area (Å²) in [6.45, 7) is 4.05. The highest BCUT2D eigenvalue weighted by atomic mass is 35.5. The molecule has 0 aliphatic rings. The van der Waals surface area contributed by atoms with Crippen LogP contribution in [-0.4, -0.2) is 23.3 Å². The maximum absolute atomic E-state index is 14.1. The molecule has 0 atom stereocenters. The van der Waals surface area contributed by atoms with Gasteiger partial charge in [0.1, 0.15) is 11.3 Å². The molecule has 0 amide bonds. The number of hydrogen-bond acceptors (Lipinski definition) is 2. The molecule has 104 valence electrons. The van der Waals surface area contributed by atoms with Crippen LogP contribution in [0.25, 0.3) is 11.0 Å². The van der Waals surface area contributed by atoms with Gasteiger partial charge in [0.2, 0.25) is 0 Å². The molecule has 2 rings (SSSR count). The first-order valence-corrected chi connectivity index (χ1v) is 6.36. The lowest BCUT2D eigenvalue weighted by Gasteiger charge is -2.28. The van der Waals surface area contributed by atoms with Crippen molar-refractivity contribution in [3.8, 4) is 0 Å². The van der Waals surface area contributed by atoms with Crippen molar-refractivity contribution in [1.82, 2.24) is 9.55 Å². The molecule has 6 heteroatoms. The van der Waals surface area contributed by atoms with Gasteiger partial charge in [-0.2, -0.15) is 0 Å². The van der Waals surface area contributed by atoms with Gasteiger partial charge in [0.15, 0.2) is 11.6 Å². The van der Waals surface area contributed by atoms with Gasteiger partial charge in [0.25, 0.3) is 0 Å². The summed E-state index contributed by atoms with van der Waals surface area (Å²) in [5.41, 5.74) is -0.0704. The largest absolute Gasteiger partial charge is 0.382 e. The van der Waals surface area contributed by atoms with Gasteiger partial charge in [0.05, 0.1) is 23.5 Å². The molecular formula is C13H15ClF2N2O. The van der Waals surface area contributed by atoms with Crippen LogP contribution in [0.5, 0.6) is 0 Å². The molecule has 1 aromatic heterocycles. The molecule has 0 radical (unpaired) electrons. The molecule has 0 aliphatic heterocycles. The maximum Gasteiger partial charge on any atom is 0.184 e. The highest BCUT2D eigenvalue weighted by molar-refractivity contribution is 6.16. The molecule has 1 aromatic carbocycles. The number of benzene rings is 1. The van der Waals surface area contributed by atoms with Crippen LogP contribution >= 0.6 is 11.6 Å². The smallest absolute Gasteiger partial charge is 0.184 e. The van der Waals surface area contributed by atoms with E-state index in [0.29, 0.717) is 17.9 Å². The molecular weight excluding hydrogens is 274 g/mol. The lowest BCUT2D eigenvalue weighted by atomic mass is 10.1. The molecule has 0 aliphatic carbocycles. The van der Waals surface area contributed by atoms with Crippen LogP contribution in [0, 0.1) is 11.6 Å². The predicted molar refractivity (Wildman–Crippen MR) is 70.4 cm³/mol. The Bertz CT molecular complexity index is 610. The van der Waals surface area contributed by atoms with E-state index < -0.39 is 17.2 Å². The molecule has 2 aromatic rings. The third-order valence-corrected chi connectivity index (χ3v) is 3.24. The molecule has 0 fully saturated rings. The lowest BCUT2D eigenvalue weighted by Crippen LogP contribution is -2.33. The van der Waals surface area contributed by atoms with Gasteiger partial charge in [-0.15, -0.1) is 11.6 Å². The number of nitrogens with zero attached hydrogens (tertiary/aromatic N) is 2. The van der Waals surface area contributed by atoms with Crippen LogP contribution in [0.1, 0.15) is 19.7 Å². The van der Waals surface area contributed by atoms with Gasteiger partial charge in [-0.05, 0) is 26.0 Å². The molecule has 0 bridgehead atoms. The number of methoxy groups -OCH3 is 1. The fraction of sp³-hybridized carbons (Fsp3) is 0.462. The van der Waals surface area contributed by atoms with Crippen molar-refractivity contribution in [1.29, 1.82) is 0 Å². The van der Waals surface area contributed by atoms with E-state index in [-0.39, 0.29) is 11.4 Å². The normalized spacial score (nSPS) is 12.3. The summed E-state index contributed by atoms with van der Waals surface area (Å²) in [5, 5.41) is 0. The topological polar surface area (TPSA) is 27.1 Å². The number of alkyl halides is 1. The zero-order chi connectivity index (χ0) is 14.2. The monoisotopic (exact) mass is 288 g/mol. The highest BCUT2D eigenvalue weighted by Gasteiger charge is 2.28. The molecule has 19 heavy (non-hydrogen) atoms. The molecule has 0 saturated heterocycles. The minimum absolute atomic E-state index is 0.114. The Labute approximate surface area is 115 Å². The SMILES string of the molecule is COCC(C)(C)n1c(CCl)nc2ccc(F)c(F)c21. The number of hydrogen-bond donors (Lipinski definition) is 0. The zero-order valence-corrected chi connectivity index (χ0v) is 11.8. The van der Waals surface area contributed by atoms with E-state index in [1.165, 1.54) is 6.07 Å². The molecule has 0 unspecified atom stereocenters. The van der Waals surface area contributed by atoms with E-state index >= 15 is 0 Å². The Morgan fingerprint density at radius 3 is 2.63 bits per heavy atom. The fourth-order valence-corrected chi connectivity index (χ4v) is 2.49. The van der Waals surface area contributed by atoms with Gasteiger partial charge in [-0.3, -0.25) is 0 Å². The van der Waals surface area contributed by atoms with Crippen molar-refractivity contribution in [2.24, 2.45) is 0 Å². The number of aromatic nitrogens is 2. The first-order valence-electron chi connectivity index (χ1n) is 5.83. The second kappa shape index (κ2) is 5.06. The van der Waals surface area contributed by atoms with E-state index in [4.69, 9.17) is 16.3 Å². The third-order valence-electron chi connectivity index (χ3n) is 3.00. The van der Waals surface area contributed by atoms with Gasteiger partial charge in [0, 0.05) is 7.11 Å². The molecule has 3 nitrogen and oxygen atoms in total. The first kappa shape index (κ1) is 14.2. The van der Waals surface area contributed by atoms with Gasteiger partial charge >= 0.3 is 0 Å². The summed E-state index contributed by atoms with van der Waals surface area (Å²) >= 11 is 5.86. The summed E-state index contributed by atoms with van der Waals surface area (Å²) in [6.07, 6.45) is 0. The van der Waals surface area contributed by atoms with Gasteiger partial charge in [-0.25, -0.2) is 13.8 Å². The van der Waals surface area contributed by atoms with E-state index in [1.807, 2.05) is 13.8 Å². The fourth-order valence-electron chi connectivity index (χ4n) is 2.31. The summed E-state index contributed by atoms with van der Waals surface area (Å²) in [4.78, 5) is 4.25. The number of halogens is 3. The van der Waals surface area contributed by atoms with Crippen LogP contribution < -0.4 is 0 Å². The summed E-state index contributed by atoms with van der Waals surface area (Å²) in [6, 6.07) is 2.51. The molecule has 0 saturated carbocycles. The Balaban J connectivity index is 2.79. The quantitative estimate of drug-likeness (QED) is 0.806. The third kappa shape index (κ3) is 2.32. The Hall–Kier alpha value is -1.20. The standard InChI is InChI=1S/C13H15ClF2N2O/c1-13(2,7-19-3)18-10(6-14)17-9-5-4-8(15)11(16)12(9)18/h4-5H,6-7H2,1-3H3. The van der Waals surface area contributed by atoms with E-state index in [2.05, 4.69) is 4.98 Å². The van der Waals surface area contributed by atoms with Crippen molar-refractivity contribution in [3.05, 3.63) is 29.6 Å². The van der Waals surface area contributed by atoms with E-state index in [9.17, 15) is 8.78 Å². The molecule has 0 spiro atoms. The summed E-state index contributed by atoms with van der Waals surface area (Å²) in [5.74, 6) is -1.21. The van der Waals surface area contributed by atoms with Gasteiger partial charge in [-0.1, -0.05) is 0 Å². The number of imidazole rings is 1. The van der Waals surface area contributed by atoms with Crippen molar-refractivity contribution in [3.63, 3.8) is 0 Å². The number of fused-ring (bicyclic) bond motifs is 1. The van der Waals surface area contributed by atoms with Crippen LogP contribution in [0.4, 0.5) is 8.78 Å². The lowest BCUT2D eigenvalue weighted by molar-refractivity contribution is 0.110. The highest BCUT2D eigenvalue weighted by Crippen LogP contribution is 2.29. The minimum atomic E-state index is -0.912. The summed E-state index contributed by atoms with van der Waals surface area (Å²) in [7, 11) is 1.55. The van der Waals surface area contributed by atoms with Crippen LogP contribution in [-0.2, 0) is 16.2 Å². The van der Waals surface area contributed by atoms with Crippen LogP contribution in [0.3, 0.4) is 0 Å². The predicted octanol–water partition coefficient (Wildman–Crippen LogP) is 3.43. The average Bonchev–Trinajstić information content (AvgIpc) is 2.74. The van der Waals surface area contributed by atoms with Crippen molar-refractivity contribution in [2.45, 2.75) is 25.3 Å². The van der Waals surface area contributed by atoms with Crippen molar-refractivity contribution >= 4 is 22.6 Å². The number of ether oxygens (including phenoxy) is 1. The van der Waals surface area contributed by atoms with E-state index in [0.717, 1.165) is 6.07 Å². The molecule has 0 N–H and O–H groups in total. The Morgan fingerprint density at radius 2 is 2.05 bits per heavy atom. The van der Waals surface area contributed by atoms with E-state index in [1.54, 1.807) is 11.7 Å². The zero-order valence-electron chi connectivity index (χ0n) is 11.0. The maximum atomic E-state index is 14.1. The Kier molecular flexibility index (Phi) is 3.78. The van der Waals surface area contributed by atoms with Crippen LogP contribution in [0.15, 0.2) is 12.1 Å². The Morgan fingerprint density at radius 1 is 1.37 bits per heavy atom. The minimum Gasteiger partial charge on any atom is -0.382 e. The second-order valence-corrected chi connectivity index (χ2v) is 5.24. The second-order valence-electron chi connectivity index (χ2n) is 4.97.